The molecule has 0 unspecified atom stereocenters. The minimum Gasteiger partial charge on any atom is -0.340 e. The van der Waals surface area contributed by atoms with E-state index in [-0.39, 0.29) is 0 Å². The second kappa shape index (κ2) is 10.7. The van der Waals surface area contributed by atoms with Crippen molar-refractivity contribution in [2.24, 2.45) is 5.92 Å². The third-order valence-corrected chi connectivity index (χ3v) is 10.5. The van der Waals surface area contributed by atoms with Crippen LogP contribution in [0.1, 0.15) is 78.2 Å². The molecular formula is C31H44N4S. The number of aromatic nitrogens is 1. The Labute approximate surface area is 222 Å². The molecule has 4 aliphatic rings. The van der Waals surface area contributed by atoms with Gasteiger partial charge in [-0.2, -0.15) is 11.8 Å². The van der Waals surface area contributed by atoms with E-state index in [1.165, 1.54) is 111 Å². The molecule has 5 heteroatoms. The predicted molar refractivity (Wildman–Crippen MR) is 154 cm³/mol. The standard InChI is InChI=1S/C31H44N4S/c1-21-16-26(24-7-12-35(13-8-24)27-19-34(3)20-27)18-30(22(21)2)33-31-29(17-23-4-5-23)28(6-11-32-31)25-9-14-36-15-10-25/h6,11,16,18,23-25,27H,4-5,7-10,12-15,17,19-20H2,1-3H3,(H,32,33). The number of pyridine rings is 1. The van der Waals surface area contributed by atoms with Crippen LogP contribution in [-0.4, -0.2) is 65.6 Å². The van der Waals surface area contributed by atoms with Gasteiger partial charge in [-0.25, -0.2) is 4.98 Å². The topological polar surface area (TPSA) is 31.4 Å². The molecule has 4 fully saturated rings. The molecule has 1 saturated carbocycles. The number of nitrogens with zero attached hydrogens (tertiary/aromatic N) is 3. The molecule has 4 heterocycles. The molecule has 0 bridgehead atoms. The Morgan fingerprint density at radius 1 is 0.972 bits per heavy atom. The van der Waals surface area contributed by atoms with Gasteiger partial charge in [0.1, 0.15) is 5.82 Å². The van der Waals surface area contributed by atoms with E-state index < -0.39 is 0 Å². The fraction of sp³-hybridized carbons (Fsp3) is 0.645. The van der Waals surface area contributed by atoms with Gasteiger partial charge < -0.3 is 10.2 Å². The quantitative estimate of drug-likeness (QED) is 0.465. The molecule has 1 N–H and O–H groups in total. The summed E-state index contributed by atoms with van der Waals surface area (Å²) in [6, 6.07) is 8.06. The van der Waals surface area contributed by atoms with Gasteiger partial charge in [0.05, 0.1) is 0 Å². The number of likely N-dealkylation sites (tertiary alicyclic amines) is 2. The molecule has 1 aromatic heterocycles. The van der Waals surface area contributed by atoms with Crippen molar-refractivity contribution in [3.8, 4) is 0 Å². The number of rotatable bonds is 7. The average Bonchev–Trinajstić information content (AvgIpc) is 3.70. The molecule has 1 aromatic carbocycles. The summed E-state index contributed by atoms with van der Waals surface area (Å²) in [6.45, 7) is 9.55. The van der Waals surface area contributed by atoms with Crippen molar-refractivity contribution in [1.29, 1.82) is 0 Å². The molecular weight excluding hydrogens is 460 g/mol. The molecule has 3 saturated heterocycles. The monoisotopic (exact) mass is 504 g/mol. The summed E-state index contributed by atoms with van der Waals surface area (Å²) in [4.78, 5) is 10.1. The van der Waals surface area contributed by atoms with Gasteiger partial charge in [0.15, 0.2) is 0 Å². The second-order valence-electron chi connectivity index (χ2n) is 12.1. The lowest BCUT2D eigenvalue weighted by Crippen LogP contribution is -2.59. The number of hydrogen-bond acceptors (Lipinski definition) is 5. The summed E-state index contributed by atoms with van der Waals surface area (Å²) in [7, 11) is 2.24. The SMILES string of the molecule is Cc1cc(C2CCN(C3CN(C)C3)CC2)cc(Nc2nccc(C3CCSCC3)c2CC2CC2)c1C. The highest BCUT2D eigenvalue weighted by Gasteiger charge is 2.32. The van der Waals surface area contributed by atoms with Crippen molar-refractivity contribution in [2.75, 3.05) is 50.0 Å². The Balaban J connectivity index is 1.23. The molecule has 4 nitrogen and oxygen atoms in total. The minimum absolute atomic E-state index is 0.670. The zero-order valence-corrected chi connectivity index (χ0v) is 23.4. The van der Waals surface area contributed by atoms with Gasteiger partial charge in [-0.1, -0.05) is 6.07 Å². The lowest BCUT2D eigenvalue weighted by Gasteiger charge is -2.46. The minimum atomic E-state index is 0.670. The molecule has 0 amide bonds. The number of thioether (sulfide) groups is 1. The molecule has 3 aliphatic heterocycles. The third kappa shape index (κ3) is 5.35. The first kappa shape index (κ1) is 24.8. The van der Waals surface area contributed by atoms with E-state index in [4.69, 9.17) is 4.98 Å². The van der Waals surface area contributed by atoms with Gasteiger partial charge in [0, 0.05) is 31.0 Å². The smallest absolute Gasteiger partial charge is 0.133 e. The van der Waals surface area contributed by atoms with Gasteiger partial charge in [0.25, 0.3) is 0 Å². The third-order valence-electron chi connectivity index (χ3n) is 9.45. The Kier molecular flexibility index (Phi) is 7.34. The van der Waals surface area contributed by atoms with Crippen LogP contribution in [0.4, 0.5) is 11.5 Å². The van der Waals surface area contributed by atoms with E-state index >= 15 is 0 Å². The van der Waals surface area contributed by atoms with Crippen LogP contribution in [0, 0.1) is 19.8 Å². The van der Waals surface area contributed by atoms with Crippen LogP contribution in [0.2, 0.25) is 0 Å². The van der Waals surface area contributed by atoms with Crippen LogP contribution >= 0.6 is 11.8 Å². The zero-order valence-electron chi connectivity index (χ0n) is 22.6. The molecule has 6 rings (SSSR count). The van der Waals surface area contributed by atoms with Crippen LogP contribution in [0.15, 0.2) is 24.4 Å². The largest absolute Gasteiger partial charge is 0.340 e. The molecule has 1 aliphatic carbocycles. The first-order valence-electron chi connectivity index (χ1n) is 14.4. The van der Waals surface area contributed by atoms with Crippen LogP contribution in [0.25, 0.3) is 0 Å². The second-order valence-corrected chi connectivity index (χ2v) is 13.3. The Morgan fingerprint density at radius 3 is 2.42 bits per heavy atom. The highest BCUT2D eigenvalue weighted by atomic mass is 32.2. The Morgan fingerprint density at radius 2 is 1.72 bits per heavy atom. The lowest BCUT2D eigenvalue weighted by molar-refractivity contribution is 0.0363. The van der Waals surface area contributed by atoms with E-state index in [1.54, 1.807) is 5.56 Å². The van der Waals surface area contributed by atoms with Gasteiger partial charge in [-0.15, -0.1) is 0 Å². The number of aryl methyl sites for hydroxylation is 1. The van der Waals surface area contributed by atoms with E-state index in [1.807, 2.05) is 0 Å². The summed E-state index contributed by atoms with van der Waals surface area (Å²) >= 11 is 2.12. The number of anilines is 2. The van der Waals surface area contributed by atoms with Gasteiger partial charge >= 0.3 is 0 Å². The van der Waals surface area contributed by atoms with Crippen molar-refractivity contribution < 1.29 is 0 Å². The highest BCUT2D eigenvalue weighted by molar-refractivity contribution is 7.99. The molecule has 194 valence electrons. The number of piperidine rings is 1. The van der Waals surface area contributed by atoms with Crippen LogP contribution < -0.4 is 5.32 Å². The van der Waals surface area contributed by atoms with Crippen molar-refractivity contribution in [1.82, 2.24) is 14.8 Å². The van der Waals surface area contributed by atoms with Gasteiger partial charge in [-0.3, -0.25) is 4.90 Å². The maximum Gasteiger partial charge on any atom is 0.133 e. The van der Waals surface area contributed by atoms with Gasteiger partial charge in [0.2, 0.25) is 0 Å². The highest BCUT2D eigenvalue weighted by Crippen LogP contribution is 2.41. The molecule has 2 aromatic rings. The number of benzene rings is 1. The number of likely N-dealkylation sites (N-methyl/N-ethyl adjacent to an activating group) is 1. The maximum absolute atomic E-state index is 4.95. The molecule has 0 radical (unpaired) electrons. The maximum atomic E-state index is 4.95. The molecule has 0 atom stereocenters. The number of nitrogens with one attached hydrogen (secondary N) is 1. The normalized spacial score (nSPS) is 23.1. The van der Waals surface area contributed by atoms with Crippen LogP contribution in [0.5, 0.6) is 0 Å². The predicted octanol–water partition coefficient (Wildman–Crippen LogP) is 6.50. The van der Waals surface area contributed by atoms with Gasteiger partial charge in [-0.05, 0) is 148 Å². The summed E-state index contributed by atoms with van der Waals surface area (Å²) in [5, 5.41) is 3.89. The van der Waals surface area contributed by atoms with E-state index in [0.717, 1.165) is 17.8 Å². The zero-order chi connectivity index (χ0) is 24.6. The van der Waals surface area contributed by atoms with Crippen molar-refractivity contribution in [3.63, 3.8) is 0 Å². The Bertz CT molecular complexity index is 1060. The summed E-state index contributed by atoms with van der Waals surface area (Å²) < 4.78 is 0. The van der Waals surface area contributed by atoms with E-state index in [2.05, 4.69) is 72.2 Å². The molecule has 0 spiro atoms. The first-order valence-corrected chi connectivity index (χ1v) is 15.6. The average molecular weight is 505 g/mol. The van der Waals surface area contributed by atoms with E-state index in [9.17, 15) is 0 Å². The van der Waals surface area contributed by atoms with Crippen LogP contribution in [-0.2, 0) is 6.42 Å². The van der Waals surface area contributed by atoms with Crippen LogP contribution in [0.3, 0.4) is 0 Å². The number of hydrogen-bond donors (Lipinski definition) is 1. The van der Waals surface area contributed by atoms with Crippen molar-refractivity contribution in [3.05, 3.63) is 52.2 Å². The first-order chi connectivity index (χ1) is 17.5. The fourth-order valence-electron chi connectivity index (χ4n) is 6.71. The summed E-state index contributed by atoms with van der Waals surface area (Å²) in [5.74, 6) is 5.97. The van der Waals surface area contributed by atoms with E-state index in [0.29, 0.717) is 11.8 Å². The summed E-state index contributed by atoms with van der Waals surface area (Å²) in [5.41, 5.74) is 8.66. The molecule has 36 heavy (non-hydrogen) atoms. The van der Waals surface area contributed by atoms with Crippen molar-refractivity contribution in [2.45, 2.75) is 76.7 Å². The van der Waals surface area contributed by atoms with Crippen molar-refractivity contribution >= 4 is 23.3 Å². The summed E-state index contributed by atoms with van der Waals surface area (Å²) in [6.07, 6.45) is 11.2. The lowest BCUT2D eigenvalue weighted by atomic mass is 9.86. The Hall–Kier alpha value is -1.56. The fourth-order valence-corrected chi connectivity index (χ4v) is 7.81.